The number of hydrogen-bond acceptors (Lipinski definition) is 5. The number of ether oxygens (including phenoxy) is 1. The van der Waals surface area contributed by atoms with Crippen LogP contribution in [-0.2, 0) is 36.8 Å². The topological polar surface area (TPSA) is 89.5 Å². The van der Waals surface area contributed by atoms with Gasteiger partial charge in [-0.2, -0.15) is 13.2 Å². The first-order valence-corrected chi connectivity index (χ1v) is 10.5. The molecule has 162 valence electrons. The summed E-state index contributed by atoms with van der Waals surface area (Å²) in [6, 6.07) is 10.6. The van der Waals surface area contributed by atoms with Crippen LogP contribution in [0.15, 0.2) is 59.5 Å². The van der Waals surface area contributed by atoms with E-state index in [0.717, 1.165) is 19.2 Å². The highest BCUT2D eigenvalue weighted by Crippen LogP contribution is 2.29. The van der Waals surface area contributed by atoms with Crippen molar-refractivity contribution in [3.8, 4) is 0 Å². The van der Waals surface area contributed by atoms with Gasteiger partial charge in [0.2, 0.25) is 5.91 Å². The van der Waals surface area contributed by atoms with Gasteiger partial charge in [-0.3, -0.25) is 4.79 Å². The zero-order chi connectivity index (χ0) is 22.4. The van der Waals surface area contributed by atoms with Gasteiger partial charge in [0.25, 0.3) is 0 Å². The van der Waals surface area contributed by atoms with E-state index in [0.29, 0.717) is 0 Å². The van der Waals surface area contributed by atoms with Crippen LogP contribution < -0.4 is 5.32 Å². The molecule has 0 heterocycles. The van der Waals surface area contributed by atoms with Gasteiger partial charge in [0.15, 0.2) is 9.84 Å². The lowest BCUT2D eigenvalue weighted by Crippen LogP contribution is -2.43. The molecule has 0 aromatic heterocycles. The minimum absolute atomic E-state index is 0.0731. The quantitative estimate of drug-likeness (QED) is 0.634. The SMILES string of the molecule is COC(=O)[C@H](CCS(=O)(=O)c1ccccc1)NC(=O)Cc1cccc(C(F)(F)F)c1. The normalized spacial score (nSPS) is 12.8. The summed E-state index contributed by atoms with van der Waals surface area (Å²) in [7, 11) is -2.61. The van der Waals surface area contributed by atoms with Gasteiger partial charge in [-0.25, -0.2) is 13.2 Å². The van der Waals surface area contributed by atoms with Gasteiger partial charge < -0.3 is 10.1 Å². The molecule has 0 fully saturated rings. The molecule has 10 heteroatoms. The fourth-order valence-electron chi connectivity index (χ4n) is 2.70. The van der Waals surface area contributed by atoms with E-state index in [1.54, 1.807) is 18.2 Å². The van der Waals surface area contributed by atoms with E-state index in [1.165, 1.54) is 24.3 Å². The van der Waals surface area contributed by atoms with Gasteiger partial charge in [0.1, 0.15) is 6.04 Å². The molecular weight excluding hydrogens is 423 g/mol. The van der Waals surface area contributed by atoms with Gasteiger partial charge in [0.05, 0.1) is 29.7 Å². The molecule has 1 amide bonds. The number of alkyl halides is 3. The fourth-order valence-corrected chi connectivity index (χ4v) is 4.05. The monoisotopic (exact) mass is 443 g/mol. The van der Waals surface area contributed by atoms with Gasteiger partial charge in [-0.1, -0.05) is 36.4 Å². The van der Waals surface area contributed by atoms with E-state index >= 15 is 0 Å². The summed E-state index contributed by atoms with van der Waals surface area (Å²) in [6.45, 7) is 0. The van der Waals surface area contributed by atoms with Crippen LogP contribution in [0.2, 0.25) is 0 Å². The molecule has 0 aliphatic heterocycles. The van der Waals surface area contributed by atoms with Crippen LogP contribution in [0.5, 0.6) is 0 Å². The highest BCUT2D eigenvalue weighted by Gasteiger charge is 2.30. The lowest BCUT2D eigenvalue weighted by atomic mass is 10.1. The summed E-state index contributed by atoms with van der Waals surface area (Å²) in [5, 5.41) is 2.34. The lowest BCUT2D eigenvalue weighted by molar-refractivity contribution is -0.145. The largest absolute Gasteiger partial charge is 0.467 e. The number of esters is 1. The zero-order valence-corrected chi connectivity index (χ0v) is 16.8. The van der Waals surface area contributed by atoms with Crippen LogP contribution in [0, 0.1) is 0 Å². The number of rotatable bonds is 8. The molecule has 0 radical (unpaired) electrons. The molecule has 0 aliphatic rings. The van der Waals surface area contributed by atoms with E-state index < -0.39 is 51.7 Å². The maximum atomic E-state index is 12.8. The van der Waals surface area contributed by atoms with E-state index in [1.807, 2.05) is 0 Å². The second-order valence-electron chi connectivity index (χ2n) is 6.44. The average molecular weight is 443 g/mol. The standard InChI is InChI=1S/C20H20F3NO5S/c1-29-19(26)17(10-11-30(27,28)16-8-3-2-4-9-16)24-18(25)13-14-6-5-7-15(12-14)20(21,22)23/h2-9,12,17H,10-11,13H2,1H3,(H,24,25)/t17-/m0/s1. The Morgan fingerprint density at radius 3 is 2.33 bits per heavy atom. The Balaban J connectivity index is 2.06. The Kier molecular flexibility index (Phi) is 7.60. The number of sulfone groups is 1. The third kappa shape index (κ3) is 6.58. The van der Waals surface area contributed by atoms with Gasteiger partial charge in [-0.15, -0.1) is 0 Å². The third-order valence-corrected chi connectivity index (χ3v) is 5.98. The Bertz CT molecular complexity index is 991. The second kappa shape index (κ2) is 9.75. The van der Waals surface area contributed by atoms with Gasteiger partial charge in [-0.05, 0) is 30.2 Å². The molecule has 0 aliphatic carbocycles. The number of benzene rings is 2. The van der Waals surface area contributed by atoms with Crippen LogP contribution in [0.1, 0.15) is 17.5 Å². The van der Waals surface area contributed by atoms with Crippen LogP contribution in [0.25, 0.3) is 0 Å². The summed E-state index contributed by atoms with van der Waals surface area (Å²) in [5.74, 6) is -2.02. The molecule has 6 nitrogen and oxygen atoms in total. The smallest absolute Gasteiger partial charge is 0.416 e. The van der Waals surface area contributed by atoms with Crippen LogP contribution in [-0.4, -0.2) is 39.2 Å². The Morgan fingerprint density at radius 1 is 1.07 bits per heavy atom. The summed E-state index contributed by atoms with van der Waals surface area (Å²) in [5.41, 5.74) is -0.797. The van der Waals surface area contributed by atoms with Gasteiger partial charge in [0, 0.05) is 0 Å². The lowest BCUT2D eigenvalue weighted by Gasteiger charge is -2.17. The van der Waals surface area contributed by atoms with Crippen molar-refractivity contribution < 1.29 is 35.9 Å². The average Bonchev–Trinajstić information content (AvgIpc) is 2.70. The van der Waals surface area contributed by atoms with E-state index in [4.69, 9.17) is 0 Å². The van der Waals surface area contributed by atoms with E-state index in [9.17, 15) is 31.2 Å². The molecule has 2 aromatic carbocycles. The van der Waals surface area contributed by atoms with Crippen molar-refractivity contribution in [3.05, 3.63) is 65.7 Å². The molecule has 1 N–H and O–H groups in total. The number of methoxy groups -OCH3 is 1. The minimum Gasteiger partial charge on any atom is -0.467 e. The zero-order valence-electron chi connectivity index (χ0n) is 16.0. The van der Waals surface area contributed by atoms with Crippen molar-refractivity contribution in [1.82, 2.24) is 5.32 Å². The number of hydrogen-bond donors (Lipinski definition) is 1. The number of halogens is 3. The van der Waals surface area contributed by atoms with Crippen molar-refractivity contribution in [2.24, 2.45) is 0 Å². The molecule has 0 unspecified atom stereocenters. The van der Waals surface area contributed by atoms with Crippen molar-refractivity contribution in [3.63, 3.8) is 0 Å². The van der Waals surface area contributed by atoms with Gasteiger partial charge >= 0.3 is 12.1 Å². The molecule has 1 atom stereocenters. The Morgan fingerprint density at radius 2 is 1.73 bits per heavy atom. The summed E-state index contributed by atoms with van der Waals surface area (Å²) < 4.78 is 67.8. The first kappa shape index (κ1) is 23.4. The molecule has 0 saturated carbocycles. The fraction of sp³-hybridized carbons (Fsp3) is 0.300. The van der Waals surface area contributed by atoms with E-state index in [2.05, 4.69) is 10.1 Å². The highest BCUT2D eigenvalue weighted by molar-refractivity contribution is 7.91. The predicted molar refractivity (Wildman–Crippen MR) is 102 cm³/mol. The first-order chi connectivity index (χ1) is 14.0. The van der Waals surface area contributed by atoms with Crippen molar-refractivity contribution in [2.75, 3.05) is 12.9 Å². The van der Waals surface area contributed by atoms with Crippen LogP contribution >= 0.6 is 0 Å². The summed E-state index contributed by atoms with van der Waals surface area (Å²) >= 11 is 0. The second-order valence-corrected chi connectivity index (χ2v) is 8.55. The van der Waals surface area contributed by atoms with Crippen LogP contribution in [0.4, 0.5) is 13.2 Å². The number of carbonyl (C=O) groups excluding carboxylic acids is 2. The number of nitrogens with one attached hydrogen (secondary N) is 1. The predicted octanol–water partition coefficient (Wildman–Crippen LogP) is 2.77. The minimum atomic E-state index is -4.55. The van der Waals surface area contributed by atoms with Crippen molar-refractivity contribution >= 4 is 21.7 Å². The Hall–Kier alpha value is -2.88. The summed E-state index contributed by atoms with van der Waals surface area (Å²) in [6.07, 6.45) is -5.21. The van der Waals surface area contributed by atoms with E-state index in [-0.39, 0.29) is 16.9 Å². The number of amides is 1. The molecule has 2 rings (SSSR count). The molecule has 0 saturated heterocycles. The first-order valence-electron chi connectivity index (χ1n) is 8.84. The molecular formula is C20H20F3NO5S. The highest BCUT2D eigenvalue weighted by atomic mass is 32.2. The van der Waals surface area contributed by atoms with Crippen LogP contribution in [0.3, 0.4) is 0 Å². The van der Waals surface area contributed by atoms with Crippen molar-refractivity contribution in [2.45, 2.75) is 30.0 Å². The molecule has 30 heavy (non-hydrogen) atoms. The number of carbonyl (C=O) groups is 2. The third-order valence-electron chi connectivity index (χ3n) is 4.22. The molecule has 2 aromatic rings. The molecule has 0 bridgehead atoms. The molecule has 0 spiro atoms. The maximum Gasteiger partial charge on any atom is 0.416 e. The summed E-state index contributed by atoms with van der Waals surface area (Å²) in [4.78, 5) is 24.3. The van der Waals surface area contributed by atoms with Crippen molar-refractivity contribution in [1.29, 1.82) is 0 Å². The Labute approximate surface area is 172 Å². The maximum absolute atomic E-state index is 12.8.